The minimum Gasteiger partial charge on any atom is -0.462 e. The number of hydrogen-bond donors (Lipinski definition) is 2. The number of rotatable bonds is 11. The second kappa shape index (κ2) is 11.9. The van der Waals surface area contributed by atoms with Gasteiger partial charge < -0.3 is 20.9 Å². The summed E-state index contributed by atoms with van der Waals surface area (Å²) >= 11 is 0. The van der Waals surface area contributed by atoms with Gasteiger partial charge in [-0.3, -0.25) is 9.79 Å². The first-order valence-corrected chi connectivity index (χ1v) is 8.56. The van der Waals surface area contributed by atoms with Gasteiger partial charge in [-0.1, -0.05) is 19.8 Å². The molecular weight excluding hydrogens is 322 g/mol. The van der Waals surface area contributed by atoms with Gasteiger partial charge in [-0.15, -0.1) is 0 Å². The Morgan fingerprint density at radius 3 is 2.40 bits per heavy atom. The molecule has 0 atom stereocenters. The topological polar surface area (TPSA) is 117 Å². The summed E-state index contributed by atoms with van der Waals surface area (Å²) in [6, 6.07) is 6.36. The third kappa shape index (κ3) is 9.34. The standard InChI is InChI=1S/C18H27N3O4/c1-2-3-13-24-17(23)14-8-10-15(11-9-14)25-16(22)7-5-4-6-12-21-18(19)20/h8-11H,2-7,12-13H2,1H3,(H4,19,20,21). The van der Waals surface area contributed by atoms with Gasteiger partial charge in [0.15, 0.2) is 5.96 Å². The zero-order valence-corrected chi connectivity index (χ0v) is 14.7. The SMILES string of the molecule is CCCCOC(=O)c1ccc(OC(=O)CCCCCN=C(N)N)cc1. The summed E-state index contributed by atoms with van der Waals surface area (Å²) < 4.78 is 10.4. The van der Waals surface area contributed by atoms with Crippen LogP contribution in [0.2, 0.25) is 0 Å². The lowest BCUT2D eigenvalue weighted by Gasteiger charge is -2.06. The van der Waals surface area contributed by atoms with Crippen LogP contribution in [0.5, 0.6) is 5.75 Å². The van der Waals surface area contributed by atoms with E-state index in [2.05, 4.69) is 4.99 Å². The second-order valence-electron chi connectivity index (χ2n) is 5.61. The number of benzene rings is 1. The molecule has 0 aliphatic rings. The highest BCUT2D eigenvalue weighted by molar-refractivity contribution is 5.89. The Labute approximate surface area is 148 Å². The summed E-state index contributed by atoms with van der Waals surface area (Å²) in [6.45, 7) is 3.00. The van der Waals surface area contributed by atoms with Crippen LogP contribution in [0.25, 0.3) is 0 Å². The lowest BCUT2D eigenvalue weighted by molar-refractivity contribution is -0.134. The van der Waals surface area contributed by atoms with E-state index in [-0.39, 0.29) is 17.9 Å². The number of nitrogens with two attached hydrogens (primary N) is 2. The first kappa shape index (κ1) is 20.5. The molecule has 0 aliphatic heterocycles. The fourth-order valence-electron chi connectivity index (χ4n) is 2.00. The van der Waals surface area contributed by atoms with Gasteiger partial charge in [0.1, 0.15) is 5.75 Å². The van der Waals surface area contributed by atoms with Crippen LogP contribution in [-0.2, 0) is 9.53 Å². The van der Waals surface area contributed by atoms with Gasteiger partial charge >= 0.3 is 11.9 Å². The molecule has 0 aromatic heterocycles. The van der Waals surface area contributed by atoms with Crippen molar-refractivity contribution in [1.29, 1.82) is 0 Å². The number of hydrogen-bond acceptors (Lipinski definition) is 5. The summed E-state index contributed by atoms with van der Waals surface area (Å²) in [5.74, 6) is -0.181. The lowest BCUT2D eigenvalue weighted by atomic mass is 10.2. The van der Waals surface area contributed by atoms with E-state index < -0.39 is 0 Å². The fourth-order valence-corrected chi connectivity index (χ4v) is 2.00. The average molecular weight is 349 g/mol. The van der Waals surface area contributed by atoms with Crippen LogP contribution < -0.4 is 16.2 Å². The Kier molecular flexibility index (Phi) is 9.74. The molecular formula is C18H27N3O4. The lowest BCUT2D eigenvalue weighted by Crippen LogP contribution is -2.22. The highest BCUT2D eigenvalue weighted by Gasteiger charge is 2.09. The number of carbonyl (C=O) groups is 2. The van der Waals surface area contributed by atoms with Crippen LogP contribution in [-0.4, -0.2) is 31.0 Å². The third-order valence-corrected chi connectivity index (χ3v) is 3.39. The summed E-state index contributed by atoms with van der Waals surface area (Å²) in [4.78, 5) is 27.4. The van der Waals surface area contributed by atoms with Crippen molar-refractivity contribution in [1.82, 2.24) is 0 Å². The van der Waals surface area contributed by atoms with Gasteiger partial charge in [-0.05, 0) is 43.5 Å². The molecule has 1 aromatic rings. The van der Waals surface area contributed by atoms with Crippen LogP contribution in [0.4, 0.5) is 0 Å². The minimum absolute atomic E-state index is 0.0806. The van der Waals surface area contributed by atoms with Gasteiger partial charge in [-0.25, -0.2) is 4.79 Å². The van der Waals surface area contributed by atoms with Crippen molar-refractivity contribution in [3.63, 3.8) is 0 Å². The van der Waals surface area contributed by atoms with Crippen molar-refractivity contribution >= 4 is 17.9 Å². The molecule has 1 aromatic carbocycles. The Morgan fingerprint density at radius 2 is 1.76 bits per heavy atom. The molecule has 0 bridgehead atoms. The number of ether oxygens (including phenoxy) is 2. The zero-order valence-electron chi connectivity index (χ0n) is 14.7. The van der Waals surface area contributed by atoms with Gasteiger partial charge in [0.2, 0.25) is 0 Å². The molecule has 25 heavy (non-hydrogen) atoms. The quantitative estimate of drug-likeness (QED) is 0.208. The van der Waals surface area contributed by atoms with Gasteiger partial charge in [0.05, 0.1) is 12.2 Å². The molecule has 0 amide bonds. The average Bonchev–Trinajstić information content (AvgIpc) is 2.58. The Bertz CT molecular complexity index is 566. The van der Waals surface area contributed by atoms with E-state index in [9.17, 15) is 9.59 Å². The van der Waals surface area contributed by atoms with E-state index in [1.165, 1.54) is 0 Å². The molecule has 7 nitrogen and oxygen atoms in total. The van der Waals surface area contributed by atoms with Crippen LogP contribution >= 0.6 is 0 Å². The highest BCUT2D eigenvalue weighted by atomic mass is 16.5. The summed E-state index contributed by atoms with van der Waals surface area (Å²) in [7, 11) is 0. The predicted molar refractivity (Wildman–Crippen MR) is 96.4 cm³/mol. The Morgan fingerprint density at radius 1 is 1.04 bits per heavy atom. The normalized spacial score (nSPS) is 10.1. The Balaban J connectivity index is 2.28. The maximum Gasteiger partial charge on any atom is 0.338 e. The van der Waals surface area contributed by atoms with E-state index in [0.717, 1.165) is 25.7 Å². The van der Waals surface area contributed by atoms with Crippen LogP contribution in [0.1, 0.15) is 55.8 Å². The number of nitrogens with zero attached hydrogens (tertiary/aromatic N) is 1. The number of unbranched alkanes of at least 4 members (excludes halogenated alkanes) is 3. The largest absolute Gasteiger partial charge is 0.462 e. The van der Waals surface area contributed by atoms with Crippen molar-refractivity contribution in [3.05, 3.63) is 29.8 Å². The van der Waals surface area contributed by atoms with Crippen molar-refractivity contribution in [2.24, 2.45) is 16.5 Å². The molecule has 0 saturated carbocycles. The molecule has 0 unspecified atom stereocenters. The zero-order chi connectivity index (χ0) is 18.5. The molecule has 4 N–H and O–H groups in total. The number of carbonyl (C=O) groups excluding carboxylic acids is 2. The highest BCUT2D eigenvalue weighted by Crippen LogP contribution is 2.14. The molecule has 0 radical (unpaired) electrons. The van der Waals surface area contributed by atoms with E-state index >= 15 is 0 Å². The van der Waals surface area contributed by atoms with Crippen molar-refractivity contribution < 1.29 is 19.1 Å². The minimum atomic E-state index is -0.368. The summed E-state index contributed by atoms with van der Waals surface area (Å²) in [6.07, 6.45) is 4.50. The van der Waals surface area contributed by atoms with Crippen LogP contribution in [0, 0.1) is 0 Å². The van der Waals surface area contributed by atoms with E-state index in [4.69, 9.17) is 20.9 Å². The Hall–Kier alpha value is -2.57. The smallest absolute Gasteiger partial charge is 0.338 e. The van der Waals surface area contributed by atoms with Crippen molar-refractivity contribution in [2.45, 2.75) is 45.4 Å². The van der Waals surface area contributed by atoms with Gasteiger partial charge in [0, 0.05) is 13.0 Å². The van der Waals surface area contributed by atoms with E-state index in [1.807, 2.05) is 6.92 Å². The first-order valence-electron chi connectivity index (χ1n) is 8.56. The van der Waals surface area contributed by atoms with E-state index in [0.29, 0.717) is 37.3 Å². The third-order valence-electron chi connectivity index (χ3n) is 3.39. The molecule has 0 fully saturated rings. The number of guanidine groups is 1. The molecule has 7 heteroatoms. The molecule has 0 aliphatic carbocycles. The van der Waals surface area contributed by atoms with Crippen LogP contribution in [0.3, 0.4) is 0 Å². The second-order valence-corrected chi connectivity index (χ2v) is 5.61. The molecule has 0 spiro atoms. The molecule has 0 saturated heterocycles. The number of aliphatic imine (C=N–C) groups is 1. The first-order chi connectivity index (χ1) is 12.0. The van der Waals surface area contributed by atoms with Crippen molar-refractivity contribution in [2.75, 3.05) is 13.2 Å². The maximum atomic E-state index is 11.8. The van der Waals surface area contributed by atoms with Gasteiger partial charge in [-0.2, -0.15) is 0 Å². The molecule has 138 valence electrons. The van der Waals surface area contributed by atoms with E-state index in [1.54, 1.807) is 24.3 Å². The molecule has 0 heterocycles. The predicted octanol–water partition coefficient (Wildman–Crippen LogP) is 2.38. The number of esters is 2. The molecule has 1 rings (SSSR count). The monoisotopic (exact) mass is 349 g/mol. The summed E-state index contributed by atoms with van der Waals surface area (Å²) in [5.41, 5.74) is 10.9. The van der Waals surface area contributed by atoms with Crippen LogP contribution in [0.15, 0.2) is 29.3 Å². The van der Waals surface area contributed by atoms with Crippen molar-refractivity contribution in [3.8, 4) is 5.75 Å². The maximum absolute atomic E-state index is 11.8. The van der Waals surface area contributed by atoms with Gasteiger partial charge in [0.25, 0.3) is 0 Å². The summed E-state index contributed by atoms with van der Waals surface area (Å²) in [5, 5.41) is 0. The fraction of sp³-hybridized carbons (Fsp3) is 0.500.